The van der Waals surface area contributed by atoms with Gasteiger partial charge in [-0.15, -0.1) is 0 Å². The number of amides is 1. The average Bonchev–Trinajstić information content (AvgIpc) is 2.30. The predicted molar refractivity (Wildman–Crippen MR) is 64.9 cm³/mol. The van der Waals surface area contributed by atoms with Crippen LogP contribution in [0.2, 0.25) is 0 Å². The number of nitrogens with two attached hydrogens (primary N) is 1. The second-order valence-electron chi connectivity index (χ2n) is 4.61. The van der Waals surface area contributed by atoms with Gasteiger partial charge >= 0.3 is 0 Å². The van der Waals surface area contributed by atoms with Gasteiger partial charge in [-0.05, 0) is 44.1 Å². The monoisotopic (exact) mass is 351 g/mol. The summed E-state index contributed by atoms with van der Waals surface area (Å²) < 4.78 is 25.8. The Hall–Kier alpha value is 0.444. The van der Waals surface area contributed by atoms with Gasteiger partial charge in [0, 0.05) is 46.3 Å². The quantitative estimate of drug-likeness (QED) is 0.502. The molecule has 0 aromatic rings. The molecule has 0 heterocycles. The molecule has 1 rings (SSSR count). The molecule has 0 aromatic heterocycles. The first-order chi connectivity index (χ1) is 7.99. The second kappa shape index (κ2) is 8.58. The summed E-state index contributed by atoms with van der Waals surface area (Å²) in [6.07, 6.45) is 5.30. The minimum atomic E-state index is -3.69. The largest absolute Gasteiger partial charge is 0.519 e. The SMILES string of the molecule is CN(CC1CCC(CN)CC1)S(=O)(=O)N[C-]=O.[Y]. The van der Waals surface area contributed by atoms with Crippen LogP contribution in [-0.4, -0.2) is 39.3 Å². The first-order valence-corrected chi connectivity index (χ1v) is 7.24. The van der Waals surface area contributed by atoms with E-state index in [0.29, 0.717) is 24.9 Å². The van der Waals surface area contributed by atoms with Crippen LogP contribution in [0, 0.1) is 11.8 Å². The van der Waals surface area contributed by atoms with Crippen LogP contribution in [0.25, 0.3) is 0 Å². The normalized spacial score (nSPS) is 24.4. The maximum absolute atomic E-state index is 11.5. The second-order valence-corrected chi connectivity index (χ2v) is 6.39. The summed E-state index contributed by atoms with van der Waals surface area (Å²) in [5.41, 5.74) is 5.60. The Morgan fingerprint density at radius 3 is 2.22 bits per heavy atom. The molecule has 0 aliphatic heterocycles. The van der Waals surface area contributed by atoms with Crippen LogP contribution < -0.4 is 10.5 Å². The van der Waals surface area contributed by atoms with E-state index in [9.17, 15) is 13.2 Å². The van der Waals surface area contributed by atoms with Gasteiger partial charge in [-0.2, -0.15) is 19.1 Å². The number of hydrogen-bond acceptors (Lipinski definition) is 4. The van der Waals surface area contributed by atoms with Crippen molar-refractivity contribution < 1.29 is 45.9 Å². The Bertz CT molecular complexity index is 342. The molecule has 1 aliphatic rings. The number of rotatable bonds is 6. The molecule has 0 atom stereocenters. The third kappa shape index (κ3) is 5.61. The molecule has 0 spiro atoms. The topological polar surface area (TPSA) is 92.5 Å². The van der Waals surface area contributed by atoms with Crippen LogP contribution in [0.5, 0.6) is 0 Å². The van der Waals surface area contributed by atoms with Crippen LogP contribution in [0.15, 0.2) is 0 Å². The van der Waals surface area contributed by atoms with Crippen molar-refractivity contribution in [2.45, 2.75) is 25.7 Å². The molecule has 0 bridgehead atoms. The fraction of sp³-hybridized carbons (Fsp3) is 0.900. The van der Waals surface area contributed by atoms with Crippen molar-refractivity contribution in [3.8, 4) is 0 Å². The summed E-state index contributed by atoms with van der Waals surface area (Å²) >= 11 is 0. The zero-order chi connectivity index (χ0) is 12.9. The molecule has 1 fully saturated rings. The van der Waals surface area contributed by atoms with E-state index in [1.54, 1.807) is 4.72 Å². The van der Waals surface area contributed by atoms with Gasteiger partial charge in [0.25, 0.3) is 10.2 Å². The van der Waals surface area contributed by atoms with Gasteiger partial charge < -0.3 is 15.3 Å². The van der Waals surface area contributed by atoms with Crippen LogP contribution in [0.1, 0.15) is 25.7 Å². The minimum absolute atomic E-state index is 0. The first-order valence-electron chi connectivity index (χ1n) is 5.80. The van der Waals surface area contributed by atoms with Crippen molar-refractivity contribution in [2.75, 3.05) is 20.1 Å². The molecule has 6 nitrogen and oxygen atoms in total. The van der Waals surface area contributed by atoms with Crippen LogP contribution >= 0.6 is 0 Å². The van der Waals surface area contributed by atoms with Crippen molar-refractivity contribution in [2.24, 2.45) is 17.6 Å². The Morgan fingerprint density at radius 1 is 1.28 bits per heavy atom. The van der Waals surface area contributed by atoms with Gasteiger partial charge in [-0.3, -0.25) is 0 Å². The number of hydrogen-bond donors (Lipinski definition) is 2. The van der Waals surface area contributed by atoms with Gasteiger partial charge in [-0.25, -0.2) is 0 Å². The van der Waals surface area contributed by atoms with E-state index in [-0.39, 0.29) is 32.7 Å². The molecule has 1 radical (unpaired) electrons. The van der Waals surface area contributed by atoms with Crippen molar-refractivity contribution in [3.05, 3.63) is 0 Å². The molecule has 1 aliphatic carbocycles. The van der Waals surface area contributed by atoms with Gasteiger partial charge in [0.15, 0.2) is 0 Å². The van der Waals surface area contributed by atoms with E-state index in [1.165, 1.54) is 17.8 Å². The van der Waals surface area contributed by atoms with E-state index >= 15 is 0 Å². The number of nitrogens with zero attached hydrogens (tertiary/aromatic N) is 1. The summed E-state index contributed by atoms with van der Waals surface area (Å²) in [6.45, 7) is 1.15. The summed E-state index contributed by atoms with van der Waals surface area (Å²) in [4.78, 5) is 10.0. The molecule has 0 saturated heterocycles. The Labute approximate surface area is 134 Å². The predicted octanol–water partition coefficient (Wildman–Crippen LogP) is -0.418. The van der Waals surface area contributed by atoms with Gasteiger partial charge in [-0.1, -0.05) is 0 Å². The van der Waals surface area contributed by atoms with Crippen LogP contribution in [-0.2, 0) is 47.7 Å². The average molecular weight is 351 g/mol. The van der Waals surface area contributed by atoms with Gasteiger partial charge in [0.2, 0.25) is 0 Å². The fourth-order valence-corrected chi connectivity index (χ4v) is 2.91. The summed E-state index contributed by atoms with van der Waals surface area (Å²) in [7, 11) is -2.23. The third-order valence-corrected chi connectivity index (χ3v) is 4.71. The zero-order valence-corrected chi connectivity index (χ0v) is 14.3. The molecule has 103 valence electrons. The zero-order valence-electron chi connectivity index (χ0n) is 10.6. The van der Waals surface area contributed by atoms with E-state index in [1.807, 2.05) is 0 Å². The Balaban J connectivity index is 0.00000289. The van der Waals surface area contributed by atoms with Crippen molar-refractivity contribution >= 4 is 16.6 Å². The van der Waals surface area contributed by atoms with Crippen LogP contribution in [0.3, 0.4) is 0 Å². The van der Waals surface area contributed by atoms with Crippen molar-refractivity contribution in [3.63, 3.8) is 0 Å². The van der Waals surface area contributed by atoms with Gasteiger partial charge in [0.1, 0.15) is 0 Å². The Morgan fingerprint density at radius 2 is 1.78 bits per heavy atom. The molecule has 0 aromatic carbocycles. The maximum Gasteiger partial charge on any atom is 0.273 e. The van der Waals surface area contributed by atoms with Gasteiger partial charge in [0.05, 0.1) is 0 Å². The van der Waals surface area contributed by atoms with E-state index in [4.69, 9.17) is 5.73 Å². The van der Waals surface area contributed by atoms with E-state index in [0.717, 1.165) is 25.7 Å². The molecule has 18 heavy (non-hydrogen) atoms. The first kappa shape index (κ1) is 18.4. The van der Waals surface area contributed by atoms with Crippen molar-refractivity contribution in [1.82, 2.24) is 9.03 Å². The molecule has 1 amide bonds. The molecule has 8 heteroatoms. The smallest absolute Gasteiger partial charge is 0.273 e. The Kier molecular flexibility index (Phi) is 8.79. The number of nitrogens with one attached hydrogen (secondary N) is 1. The maximum atomic E-state index is 11.5. The summed E-state index contributed by atoms with van der Waals surface area (Å²) in [6, 6.07) is 0. The van der Waals surface area contributed by atoms with Crippen LogP contribution in [0.4, 0.5) is 0 Å². The summed E-state index contributed by atoms with van der Waals surface area (Å²) in [5.74, 6) is 0.931. The third-order valence-electron chi connectivity index (χ3n) is 3.40. The molecule has 0 unspecified atom stereocenters. The van der Waals surface area contributed by atoms with E-state index < -0.39 is 10.2 Å². The van der Waals surface area contributed by atoms with E-state index in [2.05, 4.69) is 0 Å². The summed E-state index contributed by atoms with van der Waals surface area (Å²) in [5, 5.41) is 0. The minimum Gasteiger partial charge on any atom is -0.519 e. The number of carbonyl (C=O) groups excluding carboxylic acids is 1. The molecule has 1 saturated carbocycles. The standard InChI is InChI=1S/C10H20N3O3S.Y/c1-13(17(15,16)12-8-14)7-10-4-2-9(6-11)3-5-10;/h9-10H,2-7,11H2,1H3,(H,12,14);/q-1;. The molecular weight excluding hydrogens is 331 g/mol. The molecular formula is C10H20N3O3SY-. The van der Waals surface area contributed by atoms with Crippen molar-refractivity contribution in [1.29, 1.82) is 0 Å². The fourth-order valence-electron chi connectivity index (χ4n) is 2.24. The molecule has 3 N–H and O–H groups in total.